The van der Waals surface area contributed by atoms with Gasteiger partial charge in [0.15, 0.2) is 0 Å². The van der Waals surface area contributed by atoms with Crippen molar-refractivity contribution in [3.05, 3.63) is 40.9 Å². The number of carbonyl (C=O) groups excluding carboxylic acids is 1. The van der Waals surface area contributed by atoms with Crippen LogP contribution in [0.4, 0.5) is 5.69 Å². The molecule has 1 amide bonds. The average Bonchev–Trinajstić information content (AvgIpc) is 2.76. The third-order valence-electron chi connectivity index (χ3n) is 2.45. The fourth-order valence-electron chi connectivity index (χ4n) is 1.49. The highest BCUT2D eigenvalue weighted by Gasteiger charge is 2.12. The van der Waals surface area contributed by atoms with Crippen molar-refractivity contribution in [3.8, 4) is 0 Å². The number of hydrogen-bond donors (Lipinski definition) is 1. The van der Waals surface area contributed by atoms with Crippen molar-refractivity contribution < 1.29 is 4.79 Å². The maximum atomic E-state index is 12.0. The molecule has 0 fully saturated rings. The van der Waals surface area contributed by atoms with Crippen LogP contribution in [0.3, 0.4) is 0 Å². The number of carbonyl (C=O) groups is 1. The van der Waals surface area contributed by atoms with E-state index in [0.29, 0.717) is 16.3 Å². The molecule has 2 aromatic rings. The van der Waals surface area contributed by atoms with Gasteiger partial charge in [-0.3, -0.25) is 14.5 Å². The predicted octanol–water partition coefficient (Wildman–Crippen LogP) is 2.51. The molecule has 2 aromatic heterocycles. The average molecular weight is 265 g/mol. The molecule has 0 aliphatic heterocycles. The molecule has 1 N–H and O–H groups in total. The van der Waals surface area contributed by atoms with E-state index in [-0.39, 0.29) is 5.91 Å². The first-order valence-electron chi connectivity index (χ1n) is 5.56. The van der Waals surface area contributed by atoms with E-state index in [1.165, 1.54) is 6.20 Å². The van der Waals surface area contributed by atoms with Crippen LogP contribution in [0.5, 0.6) is 0 Å². The lowest BCUT2D eigenvalue weighted by molar-refractivity contribution is 0.102. The second-order valence-corrected chi connectivity index (χ2v) is 4.25. The molecule has 2 rings (SSSR count). The number of aromatic nitrogens is 3. The Bertz CT molecular complexity index is 579. The second kappa shape index (κ2) is 5.18. The number of aryl methyl sites for hydroxylation is 2. The summed E-state index contributed by atoms with van der Waals surface area (Å²) < 4.78 is 1.73. The van der Waals surface area contributed by atoms with E-state index in [1.807, 2.05) is 13.8 Å². The quantitative estimate of drug-likeness (QED) is 0.927. The molecule has 0 bridgehead atoms. The first kappa shape index (κ1) is 12.6. The maximum Gasteiger partial charge on any atom is 0.258 e. The monoisotopic (exact) mass is 264 g/mol. The molecule has 0 aliphatic carbocycles. The van der Waals surface area contributed by atoms with Gasteiger partial charge >= 0.3 is 0 Å². The van der Waals surface area contributed by atoms with Crippen LogP contribution in [0.2, 0.25) is 5.02 Å². The molecule has 0 saturated carbocycles. The number of nitrogens with zero attached hydrogens (tertiary/aromatic N) is 3. The van der Waals surface area contributed by atoms with Gasteiger partial charge in [-0.2, -0.15) is 5.10 Å². The predicted molar refractivity (Wildman–Crippen MR) is 69.8 cm³/mol. The van der Waals surface area contributed by atoms with Crippen molar-refractivity contribution >= 4 is 23.2 Å². The molecule has 0 aromatic carbocycles. The number of pyridine rings is 1. The molecule has 2 heterocycles. The zero-order valence-corrected chi connectivity index (χ0v) is 10.9. The van der Waals surface area contributed by atoms with Gasteiger partial charge in [-0.25, -0.2) is 0 Å². The molecular formula is C12H13ClN4O. The lowest BCUT2D eigenvalue weighted by Crippen LogP contribution is -2.12. The third kappa shape index (κ3) is 2.68. The standard InChI is InChI=1S/C12H13ClN4O/c1-3-17-7-9(5-15-17)16-12(18)10-6-14-8(2)4-11(10)13/h4-7H,3H2,1-2H3,(H,16,18). The normalized spacial score (nSPS) is 10.4. The zero-order valence-electron chi connectivity index (χ0n) is 10.1. The SMILES string of the molecule is CCn1cc(NC(=O)c2cnc(C)cc2Cl)cn1. The smallest absolute Gasteiger partial charge is 0.258 e. The number of nitrogens with one attached hydrogen (secondary N) is 1. The summed E-state index contributed by atoms with van der Waals surface area (Å²) in [5.74, 6) is -0.289. The van der Waals surface area contributed by atoms with Gasteiger partial charge in [-0.15, -0.1) is 0 Å². The molecule has 0 radical (unpaired) electrons. The number of amides is 1. The van der Waals surface area contributed by atoms with Crippen LogP contribution in [-0.2, 0) is 6.54 Å². The summed E-state index contributed by atoms with van der Waals surface area (Å²) in [4.78, 5) is 16.0. The number of rotatable bonds is 3. The van der Waals surface area contributed by atoms with E-state index in [2.05, 4.69) is 15.4 Å². The van der Waals surface area contributed by atoms with E-state index >= 15 is 0 Å². The van der Waals surface area contributed by atoms with Crippen LogP contribution < -0.4 is 5.32 Å². The van der Waals surface area contributed by atoms with E-state index in [9.17, 15) is 4.79 Å². The Kier molecular flexibility index (Phi) is 3.62. The molecular weight excluding hydrogens is 252 g/mol. The van der Waals surface area contributed by atoms with E-state index in [4.69, 9.17) is 11.6 Å². The first-order chi connectivity index (χ1) is 8.60. The van der Waals surface area contributed by atoms with Crippen molar-refractivity contribution in [2.24, 2.45) is 0 Å². The van der Waals surface area contributed by atoms with Crippen molar-refractivity contribution in [3.63, 3.8) is 0 Å². The van der Waals surface area contributed by atoms with Crippen molar-refractivity contribution in [2.75, 3.05) is 5.32 Å². The number of hydrogen-bond acceptors (Lipinski definition) is 3. The molecule has 0 aliphatic rings. The van der Waals surface area contributed by atoms with Crippen molar-refractivity contribution in [1.29, 1.82) is 0 Å². The molecule has 5 nitrogen and oxygen atoms in total. The van der Waals surface area contributed by atoms with Gasteiger partial charge < -0.3 is 5.32 Å². The lowest BCUT2D eigenvalue weighted by atomic mass is 10.2. The van der Waals surface area contributed by atoms with Crippen LogP contribution in [0.25, 0.3) is 0 Å². The minimum absolute atomic E-state index is 0.289. The summed E-state index contributed by atoms with van der Waals surface area (Å²) in [7, 11) is 0. The van der Waals surface area contributed by atoms with Gasteiger partial charge in [0.05, 0.1) is 22.5 Å². The van der Waals surface area contributed by atoms with Crippen molar-refractivity contribution in [2.45, 2.75) is 20.4 Å². The fraction of sp³-hybridized carbons (Fsp3) is 0.250. The van der Waals surface area contributed by atoms with E-state index in [1.54, 1.807) is 23.1 Å². The molecule has 0 atom stereocenters. The van der Waals surface area contributed by atoms with Gasteiger partial charge in [0, 0.05) is 24.6 Å². The van der Waals surface area contributed by atoms with Gasteiger partial charge in [0.25, 0.3) is 5.91 Å². The van der Waals surface area contributed by atoms with Crippen molar-refractivity contribution in [1.82, 2.24) is 14.8 Å². The Labute approximate surface area is 110 Å². The van der Waals surface area contributed by atoms with Gasteiger partial charge in [-0.1, -0.05) is 11.6 Å². The topological polar surface area (TPSA) is 59.8 Å². The Morgan fingerprint density at radius 1 is 1.50 bits per heavy atom. The molecule has 6 heteroatoms. The fourth-order valence-corrected chi connectivity index (χ4v) is 1.79. The van der Waals surface area contributed by atoms with Crippen LogP contribution >= 0.6 is 11.6 Å². The highest BCUT2D eigenvalue weighted by molar-refractivity contribution is 6.34. The van der Waals surface area contributed by atoms with Gasteiger partial charge in [-0.05, 0) is 19.9 Å². The number of halogens is 1. The summed E-state index contributed by atoms with van der Waals surface area (Å²) in [6.07, 6.45) is 4.82. The number of anilines is 1. The Morgan fingerprint density at radius 3 is 2.89 bits per heavy atom. The van der Waals surface area contributed by atoms with Crippen LogP contribution in [-0.4, -0.2) is 20.7 Å². The largest absolute Gasteiger partial charge is 0.319 e. The Hall–Kier alpha value is -1.88. The Morgan fingerprint density at radius 2 is 2.28 bits per heavy atom. The Balaban J connectivity index is 2.16. The van der Waals surface area contributed by atoms with Crippen LogP contribution in [0, 0.1) is 6.92 Å². The summed E-state index contributed by atoms with van der Waals surface area (Å²) in [6.45, 7) is 4.54. The highest BCUT2D eigenvalue weighted by atomic mass is 35.5. The highest BCUT2D eigenvalue weighted by Crippen LogP contribution is 2.17. The summed E-state index contributed by atoms with van der Waals surface area (Å²) >= 11 is 6.00. The first-order valence-corrected chi connectivity index (χ1v) is 5.94. The third-order valence-corrected chi connectivity index (χ3v) is 2.76. The molecule has 0 spiro atoms. The van der Waals surface area contributed by atoms with Gasteiger partial charge in [0.1, 0.15) is 0 Å². The molecule has 94 valence electrons. The molecule has 0 unspecified atom stereocenters. The zero-order chi connectivity index (χ0) is 13.1. The van der Waals surface area contributed by atoms with E-state index in [0.717, 1.165) is 12.2 Å². The molecule has 0 saturated heterocycles. The van der Waals surface area contributed by atoms with Gasteiger partial charge in [0.2, 0.25) is 0 Å². The molecule has 18 heavy (non-hydrogen) atoms. The van der Waals surface area contributed by atoms with E-state index < -0.39 is 0 Å². The summed E-state index contributed by atoms with van der Waals surface area (Å²) in [5, 5.41) is 7.19. The second-order valence-electron chi connectivity index (χ2n) is 3.84. The van der Waals surface area contributed by atoms with Crippen LogP contribution in [0.15, 0.2) is 24.7 Å². The lowest BCUT2D eigenvalue weighted by Gasteiger charge is -2.04. The minimum Gasteiger partial charge on any atom is -0.319 e. The minimum atomic E-state index is -0.289. The maximum absolute atomic E-state index is 12.0. The van der Waals surface area contributed by atoms with Crippen LogP contribution in [0.1, 0.15) is 23.0 Å². The summed E-state index contributed by atoms with van der Waals surface area (Å²) in [6, 6.07) is 1.66. The summed E-state index contributed by atoms with van der Waals surface area (Å²) in [5.41, 5.74) is 1.76.